The summed E-state index contributed by atoms with van der Waals surface area (Å²) in [6, 6.07) is 14.8. The Kier molecular flexibility index (Phi) is 7.04. The number of methoxy groups -OCH3 is 1. The molecule has 0 radical (unpaired) electrons. The Morgan fingerprint density at radius 3 is 2.44 bits per heavy atom. The number of rotatable bonds is 8. The number of sulfone groups is 1. The molecule has 0 aliphatic carbocycles. The molecule has 136 valence electrons. The van der Waals surface area contributed by atoms with E-state index in [4.69, 9.17) is 4.74 Å². The number of hydrogen-bond donors (Lipinski definition) is 0. The van der Waals surface area contributed by atoms with Crippen LogP contribution in [0.4, 0.5) is 0 Å². The molecule has 4 nitrogen and oxygen atoms in total. The molecule has 0 amide bonds. The maximum Gasteiger partial charge on any atom is 0.179 e. The standard InChI is InChI=1S/C19H24BrNO3S/c1-4-21(15(2)16-6-5-7-18(14-16)24-3)12-13-25(22,23)19-10-8-17(20)9-11-19/h5-11,14-15H,4,12-13H2,1-3H3/t15-/m0/s1. The van der Waals surface area contributed by atoms with Crippen LogP contribution >= 0.6 is 15.9 Å². The summed E-state index contributed by atoms with van der Waals surface area (Å²) in [5, 5.41) is 0. The minimum atomic E-state index is -3.30. The molecule has 0 fully saturated rings. The highest BCUT2D eigenvalue weighted by Crippen LogP contribution is 2.24. The van der Waals surface area contributed by atoms with Gasteiger partial charge in [0, 0.05) is 17.1 Å². The summed E-state index contributed by atoms with van der Waals surface area (Å²) in [4.78, 5) is 2.52. The lowest BCUT2D eigenvalue weighted by molar-refractivity contribution is 0.235. The minimum Gasteiger partial charge on any atom is -0.497 e. The minimum absolute atomic E-state index is 0.0940. The van der Waals surface area contributed by atoms with Crippen LogP contribution in [-0.2, 0) is 9.84 Å². The van der Waals surface area contributed by atoms with Gasteiger partial charge in [0.15, 0.2) is 9.84 Å². The molecule has 0 unspecified atom stereocenters. The fourth-order valence-electron chi connectivity index (χ4n) is 2.74. The topological polar surface area (TPSA) is 46.6 Å². The maximum absolute atomic E-state index is 12.6. The second-order valence-corrected chi connectivity index (χ2v) is 8.88. The Morgan fingerprint density at radius 1 is 1.16 bits per heavy atom. The van der Waals surface area contributed by atoms with Crippen LogP contribution in [0.15, 0.2) is 57.9 Å². The van der Waals surface area contributed by atoms with E-state index in [2.05, 4.69) is 27.8 Å². The van der Waals surface area contributed by atoms with Gasteiger partial charge in [-0.15, -0.1) is 0 Å². The molecule has 2 rings (SSSR count). The first kappa shape index (κ1) is 19.9. The van der Waals surface area contributed by atoms with Crippen LogP contribution in [0.1, 0.15) is 25.5 Å². The normalized spacial score (nSPS) is 13.0. The fraction of sp³-hybridized carbons (Fsp3) is 0.368. The molecule has 0 N–H and O–H groups in total. The van der Waals surface area contributed by atoms with Crippen LogP contribution in [0.25, 0.3) is 0 Å². The molecule has 1 atom stereocenters. The summed E-state index contributed by atoms with van der Waals surface area (Å²) >= 11 is 3.33. The van der Waals surface area contributed by atoms with Gasteiger partial charge in [0.25, 0.3) is 0 Å². The Morgan fingerprint density at radius 2 is 1.84 bits per heavy atom. The number of nitrogens with zero attached hydrogens (tertiary/aromatic N) is 1. The molecule has 25 heavy (non-hydrogen) atoms. The zero-order valence-corrected chi connectivity index (χ0v) is 17.2. The zero-order valence-electron chi connectivity index (χ0n) is 14.8. The van der Waals surface area contributed by atoms with Gasteiger partial charge >= 0.3 is 0 Å². The second kappa shape index (κ2) is 8.83. The quantitative estimate of drug-likeness (QED) is 0.631. The first-order valence-electron chi connectivity index (χ1n) is 8.23. The van der Waals surface area contributed by atoms with Gasteiger partial charge in [0.05, 0.1) is 17.8 Å². The van der Waals surface area contributed by atoms with E-state index < -0.39 is 9.84 Å². The maximum atomic E-state index is 12.6. The van der Waals surface area contributed by atoms with E-state index in [1.807, 2.05) is 31.2 Å². The van der Waals surface area contributed by atoms with E-state index in [0.717, 1.165) is 22.3 Å². The Balaban J connectivity index is 2.09. The number of halogens is 1. The van der Waals surface area contributed by atoms with E-state index in [9.17, 15) is 8.42 Å². The Labute approximate surface area is 158 Å². The van der Waals surface area contributed by atoms with Gasteiger partial charge in [-0.1, -0.05) is 35.0 Å². The average molecular weight is 426 g/mol. The number of benzene rings is 2. The predicted molar refractivity (Wildman–Crippen MR) is 105 cm³/mol. The zero-order chi connectivity index (χ0) is 18.4. The average Bonchev–Trinajstić information content (AvgIpc) is 2.62. The number of hydrogen-bond acceptors (Lipinski definition) is 4. The summed E-state index contributed by atoms with van der Waals surface area (Å²) in [5.41, 5.74) is 1.11. The highest BCUT2D eigenvalue weighted by atomic mass is 79.9. The van der Waals surface area contributed by atoms with Crippen molar-refractivity contribution in [2.24, 2.45) is 0 Å². The molecule has 6 heteroatoms. The molecule has 0 saturated carbocycles. The van der Waals surface area contributed by atoms with Crippen LogP contribution in [0.5, 0.6) is 5.75 Å². The van der Waals surface area contributed by atoms with Gasteiger partial charge in [-0.3, -0.25) is 4.90 Å². The van der Waals surface area contributed by atoms with E-state index in [1.165, 1.54) is 0 Å². The molecular weight excluding hydrogens is 402 g/mol. The highest BCUT2D eigenvalue weighted by molar-refractivity contribution is 9.10. The van der Waals surface area contributed by atoms with Gasteiger partial charge in [-0.25, -0.2) is 8.42 Å². The molecule has 0 aromatic heterocycles. The fourth-order valence-corrected chi connectivity index (χ4v) is 4.26. The van der Waals surface area contributed by atoms with E-state index in [1.54, 1.807) is 31.4 Å². The third kappa shape index (κ3) is 5.30. The van der Waals surface area contributed by atoms with Crippen LogP contribution in [-0.4, -0.2) is 39.3 Å². The molecule has 2 aromatic rings. The second-order valence-electron chi connectivity index (χ2n) is 5.85. The lowest BCUT2D eigenvalue weighted by atomic mass is 10.1. The van der Waals surface area contributed by atoms with Crippen molar-refractivity contribution < 1.29 is 13.2 Å². The molecule has 0 aliphatic rings. The molecular formula is C19H24BrNO3S. The van der Waals surface area contributed by atoms with Crippen LogP contribution in [0, 0.1) is 0 Å². The predicted octanol–water partition coefficient (Wildman–Crippen LogP) is 4.31. The van der Waals surface area contributed by atoms with Crippen LogP contribution in [0.2, 0.25) is 0 Å². The highest BCUT2D eigenvalue weighted by Gasteiger charge is 2.20. The van der Waals surface area contributed by atoms with Gasteiger partial charge in [0.1, 0.15) is 5.75 Å². The molecule has 0 aliphatic heterocycles. The van der Waals surface area contributed by atoms with E-state index in [0.29, 0.717) is 11.4 Å². The Bertz CT molecular complexity index is 791. The van der Waals surface area contributed by atoms with E-state index in [-0.39, 0.29) is 11.8 Å². The van der Waals surface area contributed by atoms with Crippen molar-refractivity contribution in [1.29, 1.82) is 0 Å². The van der Waals surface area contributed by atoms with Crippen molar-refractivity contribution in [2.45, 2.75) is 24.8 Å². The Hall–Kier alpha value is -1.37. The first-order valence-corrected chi connectivity index (χ1v) is 10.7. The number of ether oxygens (including phenoxy) is 1. The lowest BCUT2D eigenvalue weighted by Gasteiger charge is -2.28. The molecule has 2 aromatic carbocycles. The third-order valence-corrected chi connectivity index (χ3v) is 6.59. The monoisotopic (exact) mass is 425 g/mol. The SMILES string of the molecule is CCN(CCS(=O)(=O)c1ccc(Br)cc1)[C@@H](C)c1cccc(OC)c1. The molecule has 0 heterocycles. The van der Waals surface area contributed by atoms with Crippen molar-refractivity contribution in [2.75, 3.05) is 26.0 Å². The van der Waals surface area contributed by atoms with Crippen LogP contribution < -0.4 is 4.74 Å². The molecule has 0 saturated heterocycles. The largest absolute Gasteiger partial charge is 0.497 e. The van der Waals surface area contributed by atoms with Crippen molar-refractivity contribution in [3.8, 4) is 5.75 Å². The van der Waals surface area contributed by atoms with Crippen molar-refractivity contribution in [3.63, 3.8) is 0 Å². The lowest BCUT2D eigenvalue weighted by Crippen LogP contribution is -2.31. The summed E-state index contributed by atoms with van der Waals surface area (Å²) in [6.07, 6.45) is 0. The smallest absolute Gasteiger partial charge is 0.179 e. The van der Waals surface area contributed by atoms with Gasteiger partial charge in [0.2, 0.25) is 0 Å². The van der Waals surface area contributed by atoms with Gasteiger partial charge in [-0.2, -0.15) is 0 Å². The first-order chi connectivity index (χ1) is 11.9. The van der Waals surface area contributed by atoms with Crippen molar-refractivity contribution >= 4 is 25.8 Å². The summed E-state index contributed by atoms with van der Waals surface area (Å²) in [7, 11) is -1.65. The summed E-state index contributed by atoms with van der Waals surface area (Å²) < 4.78 is 31.3. The molecule has 0 spiro atoms. The van der Waals surface area contributed by atoms with Crippen LogP contribution in [0.3, 0.4) is 0 Å². The third-order valence-electron chi connectivity index (χ3n) is 4.35. The summed E-state index contributed by atoms with van der Waals surface area (Å²) in [6.45, 7) is 5.38. The van der Waals surface area contributed by atoms with Crippen molar-refractivity contribution in [3.05, 3.63) is 58.6 Å². The van der Waals surface area contributed by atoms with Crippen molar-refractivity contribution in [1.82, 2.24) is 4.90 Å². The summed E-state index contributed by atoms with van der Waals surface area (Å²) in [5.74, 6) is 0.902. The van der Waals surface area contributed by atoms with E-state index >= 15 is 0 Å². The van der Waals surface area contributed by atoms with Gasteiger partial charge in [-0.05, 0) is 55.4 Å². The van der Waals surface area contributed by atoms with Gasteiger partial charge < -0.3 is 4.74 Å². The molecule has 0 bridgehead atoms.